The van der Waals surface area contributed by atoms with Gasteiger partial charge in [-0.2, -0.15) is 0 Å². The average Bonchev–Trinajstić information content (AvgIpc) is 3.41. The molecule has 1 aromatic heterocycles. The molecule has 0 radical (unpaired) electrons. The number of nitrogens with zero attached hydrogens (tertiary/aromatic N) is 1. The van der Waals surface area contributed by atoms with Gasteiger partial charge in [0.2, 0.25) is 0 Å². The Balaban J connectivity index is 1.83. The van der Waals surface area contributed by atoms with Crippen LogP contribution in [0.1, 0.15) is 24.5 Å². The van der Waals surface area contributed by atoms with E-state index in [4.69, 9.17) is 9.47 Å². The number of ether oxygens (including phenoxy) is 2. The van der Waals surface area contributed by atoms with Gasteiger partial charge in [0.1, 0.15) is 17.2 Å². The van der Waals surface area contributed by atoms with Crippen molar-refractivity contribution < 1.29 is 18.3 Å². The molecule has 1 aliphatic carbocycles. The summed E-state index contributed by atoms with van der Waals surface area (Å²) in [5.74, 6) is 0.234. The van der Waals surface area contributed by atoms with E-state index in [-0.39, 0.29) is 0 Å². The van der Waals surface area contributed by atoms with E-state index in [1.807, 2.05) is 12.1 Å². The molecule has 0 atom stereocenters. The molecule has 122 valence electrons. The van der Waals surface area contributed by atoms with E-state index < -0.39 is 11.6 Å². The lowest BCUT2D eigenvalue weighted by Crippen LogP contribution is -1.95. The number of halogens is 2. The van der Waals surface area contributed by atoms with Crippen LogP contribution in [0.3, 0.4) is 0 Å². The maximum atomic E-state index is 13.7. The molecule has 0 saturated heterocycles. The minimum Gasteiger partial charge on any atom is -0.497 e. The molecule has 0 unspecified atom stereocenters. The van der Waals surface area contributed by atoms with Crippen LogP contribution in [0.5, 0.6) is 17.2 Å². The van der Waals surface area contributed by atoms with Gasteiger partial charge in [-0.25, -0.2) is 8.78 Å². The number of aromatic nitrogens is 1. The second kappa shape index (κ2) is 5.74. The lowest BCUT2D eigenvalue weighted by atomic mass is 10.1. The number of methoxy groups -OCH3 is 1. The van der Waals surface area contributed by atoms with Gasteiger partial charge in [0.15, 0.2) is 11.6 Å². The second-order valence-corrected chi connectivity index (χ2v) is 5.88. The van der Waals surface area contributed by atoms with E-state index in [0.717, 1.165) is 30.7 Å². The van der Waals surface area contributed by atoms with E-state index >= 15 is 0 Å². The monoisotopic (exact) mass is 327 g/mol. The zero-order valence-electron chi connectivity index (χ0n) is 13.1. The van der Waals surface area contributed by atoms with Crippen molar-refractivity contribution in [2.24, 2.45) is 0 Å². The largest absolute Gasteiger partial charge is 0.497 e. The highest BCUT2D eigenvalue weighted by atomic mass is 19.2. The van der Waals surface area contributed by atoms with E-state index in [0.29, 0.717) is 34.1 Å². The van der Waals surface area contributed by atoms with Crippen molar-refractivity contribution in [3.63, 3.8) is 0 Å². The Labute approximate surface area is 137 Å². The molecule has 1 heterocycles. The molecular formula is C19H15F2NO2. The fourth-order valence-corrected chi connectivity index (χ4v) is 2.67. The van der Waals surface area contributed by atoms with Gasteiger partial charge in [-0.1, -0.05) is 6.07 Å². The zero-order chi connectivity index (χ0) is 16.7. The van der Waals surface area contributed by atoms with Crippen molar-refractivity contribution in [3.8, 4) is 17.2 Å². The smallest absolute Gasteiger partial charge is 0.161 e. The molecule has 0 spiro atoms. The average molecular weight is 327 g/mol. The number of pyridine rings is 1. The van der Waals surface area contributed by atoms with Crippen LogP contribution >= 0.6 is 0 Å². The van der Waals surface area contributed by atoms with Crippen LogP contribution in [-0.4, -0.2) is 12.1 Å². The highest BCUT2D eigenvalue weighted by Crippen LogP contribution is 2.42. The van der Waals surface area contributed by atoms with Crippen LogP contribution in [0.4, 0.5) is 8.78 Å². The van der Waals surface area contributed by atoms with E-state index in [1.54, 1.807) is 25.3 Å². The molecule has 3 nitrogen and oxygen atoms in total. The molecule has 1 aliphatic rings. The van der Waals surface area contributed by atoms with E-state index in [1.165, 1.54) is 0 Å². The molecule has 1 saturated carbocycles. The summed E-state index contributed by atoms with van der Waals surface area (Å²) >= 11 is 0. The van der Waals surface area contributed by atoms with Gasteiger partial charge in [-0.05, 0) is 31.0 Å². The zero-order valence-corrected chi connectivity index (χ0v) is 13.1. The van der Waals surface area contributed by atoms with Crippen LogP contribution in [0.2, 0.25) is 0 Å². The van der Waals surface area contributed by atoms with Gasteiger partial charge >= 0.3 is 0 Å². The minimum absolute atomic E-state index is 0.371. The Morgan fingerprint density at radius 2 is 1.75 bits per heavy atom. The van der Waals surface area contributed by atoms with Gasteiger partial charge in [0, 0.05) is 35.2 Å². The van der Waals surface area contributed by atoms with Crippen LogP contribution in [0, 0.1) is 11.6 Å². The third kappa shape index (κ3) is 2.77. The first-order valence-electron chi connectivity index (χ1n) is 7.75. The van der Waals surface area contributed by atoms with Crippen LogP contribution < -0.4 is 9.47 Å². The maximum absolute atomic E-state index is 13.7. The predicted molar refractivity (Wildman–Crippen MR) is 86.7 cm³/mol. The highest BCUT2D eigenvalue weighted by Gasteiger charge is 2.26. The number of hydrogen-bond acceptors (Lipinski definition) is 3. The topological polar surface area (TPSA) is 31.4 Å². The Kier molecular flexibility index (Phi) is 3.56. The van der Waals surface area contributed by atoms with Crippen LogP contribution in [0.25, 0.3) is 10.9 Å². The second-order valence-electron chi connectivity index (χ2n) is 5.88. The Bertz CT molecular complexity index is 923. The third-order valence-corrected chi connectivity index (χ3v) is 4.10. The highest BCUT2D eigenvalue weighted by molar-refractivity contribution is 5.86. The van der Waals surface area contributed by atoms with E-state index in [2.05, 4.69) is 4.98 Å². The third-order valence-electron chi connectivity index (χ3n) is 4.10. The first-order chi connectivity index (χ1) is 11.6. The molecule has 0 amide bonds. The summed E-state index contributed by atoms with van der Waals surface area (Å²) in [7, 11) is 1.57. The van der Waals surface area contributed by atoms with Gasteiger partial charge in [0.05, 0.1) is 12.6 Å². The van der Waals surface area contributed by atoms with Crippen molar-refractivity contribution in [3.05, 3.63) is 59.8 Å². The molecule has 4 rings (SSSR count). The predicted octanol–water partition coefficient (Wildman–Crippen LogP) is 5.19. The molecular weight excluding hydrogens is 312 g/mol. The molecule has 5 heteroatoms. The molecule has 0 aliphatic heterocycles. The van der Waals surface area contributed by atoms with Crippen molar-refractivity contribution in [1.29, 1.82) is 0 Å². The summed E-state index contributed by atoms with van der Waals surface area (Å²) in [6, 6.07) is 11.2. The summed E-state index contributed by atoms with van der Waals surface area (Å²) in [4.78, 5) is 4.46. The summed E-state index contributed by atoms with van der Waals surface area (Å²) < 4.78 is 38.4. The van der Waals surface area contributed by atoms with Gasteiger partial charge < -0.3 is 9.47 Å². The molecule has 0 N–H and O–H groups in total. The molecule has 1 fully saturated rings. The first-order valence-corrected chi connectivity index (χ1v) is 7.75. The quantitative estimate of drug-likeness (QED) is 0.661. The van der Waals surface area contributed by atoms with Crippen LogP contribution in [0.15, 0.2) is 42.5 Å². The van der Waals surface area contributed by atoms with Gasteiger partial charge in [0.25, 0.3) is 0 Å². The van der Waals surface area contributed by atoms with Gasteiger partial charge in [-0.3, -0.25) is 4.98 Å². The number of fused-ring (bicyclic) bond motifs is 1. The molecule has 2 aromatic carbocycles. The number of rotatable bonds is 4. The molecule has 24 heavy (non-hydrogen) atoms. The maximum Gasteiger partial charge on any atom is 0.161 e. The fraction of sp³-hybridized carbons (Fsp3) is 0.211. The van der Waals surface area contributed by atoms with Crippen LogP contribution in [-0.2, 0) is 0 Å². The standard InChI is InChI=1S/C19H15F2NO2/c1-23-12-3-2-4-13(7-12)24-19-10-17(11-5-6-11)22-18-9-16(21)15(20)8-14(18)19/h2-4,7-11H,5-6H2,1H3. The van der Waals surface area contributed by atoms with Crippen molar-refractivity contribution in [2.75, 3.05) is 7.11 Å². The first kappa shape index (κ1) is 14.9. The van der Waals surface area contributed by atoms with Crippen molar-refractivity contribution >= 4 is 10.9 Å². The van der Waals surface area contributed by atoms with Crippen molar-refractivity contribution in [2.45, 2.75) is 18.8 Å². The van der Waals surface area contributed by atoms with E-state index in [9.17, 15) is 8.78 Å². The lowest BCUT2D eigenvalue weighted by Gasteiger charge is -2.12. The van der Waals surface area contributed by atoms with Crippen molar-refractivity contribution in [1.82, 2.24) is 4.98 Å². The Morgan fingerprint density at radius 3 is 2.50 bits per heavy atom. The normalized spacial score (nSPS) is 14.0. The number of benzene rings is 2. The Hall–Kier alpha value is -2.69. The fourth-order valence-electron chi connectivity index (χ4n) is 2.67. The van der Waals surface area contributed by atoms with Gasteiger partial charge in [-0.15, -0.1) is 0 Å². The molecule has 0 bridgehead atoms. The number of hydrogen-bond donors (Lipinski definition) is 0. The summed E-state index contributed by atoms with van der Waals surface area (Å²) in [6.45, 7) is 0. The summed E-state index contributed by atoms with van der Waals surface area (Å²) in [5, 5.41) is 0.445. The summed E-state index contributed by atoms with van der Waals surface area (Å²) in [6.07, 6.45) is 2.11. The minimum atomic E-state index is -0.918. The Morgan fingerprint density at radius 1 is 1.00 bits per heavy atom. The summed E-state index contributed by atoms with van der Waals surface area (Å²) in [5.41, 5.74) is 1.25. The molecule has 3 aromatic rings. The lowest BCUT2D eigenvalue weighted by molar-refractivity contribution is 0.409. The SMILES string of the molecule is COc1cccc(Oc2cc(C3CC3)nc3cc(F)c(F)cc23)c1.